The summed E-state index contributed by atoms with van der Waals surface area (Å²) in [5.74, 6) is -1.37. The van der Waals surface area contributed by atoms with Gasteiger partial charge < -0.3 is 15.0 Å². The number of carboxylic acids is 1. The molecule has 1 heterocycles. The normalized spacial score (nSPS) is 16.2. The number of aromatic nitrogens is 1. The van der Waals surface area contributed by atoms with Gasteiger partial charge in [-0.3, -0.25) is 9.59 Å². The molecule has 1 aromatic heterocycles. The van der Waals surface area contributed by atoms with Crippen LogP contribution in [0.3, 0.4) is 0 Å². The van der Waals surface area contributed by atoms with Gasteiger partial charge in [0, 0.05) is 30.3 Å². The fraction of sp³-hybridized carbons (Fsp3) is 0.476. The highest BCUT2D eigenvalue weighted by atomic mass is 16.4. The first-order chi connectivity index (χ1) is 13.0. The minimum atomic E-state index is -1.08. The fourth-order valence-corrected chi connectivity index (χ4v) is 3.97. The van der Waals surface area contributed by atoms with Crippen LogP contribution < -0.4 is 10.9 Å². The number of pyridine rings is 1. The number of nitrogens with zero attached hydrogens (tertiary/aromatic N) is 1. The number of carboxylic acid groups (broad SMARTS) is 1. The van der Waals surface area contributed by atoms with Gasteiger partial charge in [0.15, 0.2) is 0 Å². The summed E-state index contributed by atoms with van der Waals surface area (Å²) in [7, 11) is 0. The molecule has 1 amide bonds. The smallest absolute Gasteiger partial charge is 0.326 e. The molecular weight excluding hydrogens is 344 g/mol. The van der Waals surface area contributed by atoms with Crippen LogP contribution in [-0.2, 0) is 22.6 Å². The van der Waals surface area contributed by atoms with E-state index >= 15 is 0 Å². The van der Waals surface area contributed by atoms with E-state index in [9.17, 15) is 19.5 Å². The summed E-state index contributed by atoms with van der Waals surface area (Å²) in [6.07, 6.45) is 4.87. The Labute approximate surface area is 158 Å². The van der Waals surface area contributed by atoms with E-state index in [1.54, 1.807) is 4.57 Å². The number of aryl methyl sites for hydroxylation is 1. The SMILES string of the molecule is CCn1c(=O)cc(CC(NC(=O)C2CCCCC2)C(=O)O)c2ccccc21. The Bertz CT molecular complexity index is 897. The number of amides is 1. The number of hydrogen-bond acceptors (Lipinski definition) is 3. The molecule has 2 N–H and O–H groups in total. The van der Waals surface area contributed by atoms with E-state index in [4.69, 9.17) is 0 Å². The van der Waals surface area contributed by atoms with Crippen molar-refractivity contribution in [2.24, 2.45) is 5.92 Å². The lowest BCUT2D eigenvalue weighted by Gasteiger charge is -2.23. The molecule has 0 bridgehead atoms. The van der Waals surface area contributed by atoms with Gasteiger partial charge in [-0.25, -0.2) is 4.79 Å². The number of rotatable bonds is 6. The molecule has 0 spiro atoms. The molecule has 1 atom stereocenters. The Hall–Kier alpha value is -2.63. The number of aliphatic carboxylic acids is 1. The molecule has 6 heteroatoms. The minimum Gasteiger partial charge on any atom is -0.480 e. The van der Waals surface area contributed by atoms with Crippen LogP contribution in [-0.4, -0.2) is 27.6 Å². The topological polar surface area (TPSA) is 88.4 Å². The average molecular weight is 370 g/mol. The molecule has 2 aromatic rings. The Kier molecular flexibility index (Phi) is 5.94. The maximum atomic E-state index is 12.5. The minimum absolute atomic E-state index is 0.0914. The molecule has 1 aliphatic carbocycles. The zero-order valence-electron chi connectivity index (χ0n) is 15.6. The predicted molar refractivity (Wildman–Crippen MR) is 104 cm³/mol. The molecule has 0 radical (unpaired) electrons. The second-order valence-electron chi connectivity index (χ2n) is 7.21. The van der Waals surface area contributed by atoms with Crippen molar-refractivity contribution in [3.63, 3.8) is 0 Å². The predicted octanol–water partition coefficient (Wildman–Crippen LogP) is 2.71. The molecule has 3 rings (SSSR count). The standard InChI is InChI=1S/C21H26N2O4/c1-2-23-18-11-7-6-10-16(18)15(13-19(23)24)12-17(21(26)27)22-20(25)14-8-4-3-5-9-14/h6-7,10-11,13-14,17H,2-5,8-9,12H2,1H3,(H,22,25)(H,26,27). The Morgan fingerprint density at radius 1 is 1.22 bits per heavy atom. The molecule has 144 valence electrons. The van der Waals surface area contributed by atoms with Crippen molar-refractivity contribution in [3.8, 4) is 0 Å². The zero-order valence-corrected chi connectivity index (χ0v) is 15.6. The first-order valence-corrected chi connectivity index (χ1v) is 9.66. The molecule has 0 aliphatic heterocycles. The molecular formula is C21H26N2O4. The van der Waals surface area contributed by atoms with Crippen LogP contribution in [0, 0.1) is 5.92 Å². The summed E-state index contributed by atoms with van der Waals surface area (Å²) >= 11 is 0. The highest BCUT2D eigenvalue weighted by Gasteiger charge is 2.27. The van der Waals surface area contributed by atoms with Crippen LogP contribution in [0.4, 0.5) is 0 Å². The summed E-state index contributed by atoms with van der Waals surface area (Å²) in [6.45, 7) is 2.44. The molecule has 1 fully saturated rings. The molecule has 1 unspecified atom stereocenters. The number of fused-ring (bicyclic) bond motifs is 1. The van der Waals surface area contributed by atoms with Crippen molar-refractivity contribution >= 4 is 22.8 Å². The van der Waals surface area contributed by atoms with Gasteiger partial charge in [0.2, 0.25) is 5.91 Å². The highest BCUT2D eigenvalue weighted by molar-refractivity contribution is 5.87. The number of hydrogen-bond donors (Lipinski definition) is 2. The molecule has 0 saturated heterocycles. The van der Waals surface area contributed by atoms with Gasteiger partial charge in [-0.15, -0.1) is 0 Å². The number of carbonyl (C=O) groups excluding carboxylic acids is 1. The third-order valence-corrected chi connectivity index (χ3v) is 5.44. The van der Waals surface area contributed by atoms with Gasteiger partial charge in [-0.1, -0.05) is 37.5 Å². The first-order valence-electron chi connectivity index (χ1n) is 9.66. The van der Waals surface area contributed by atoms with Crippen LogP contribution in [0.1, 0.15) is 44.6 Å². The van der Waals surface area contributed by atoms with Gasteiger partial charge in [0.25, 0.3) is 5.56 Å². The number of para-hydroxylation sites is 1. The summed E-state index contributed by atoms with van der Waals surface area (Å²) in [4.78, 5) is 36.7. The number of nitrogens with one attached hydrogen (secondary N) is 1. The third-order valence-electron chi connectivity index (χ3n) is 5.44. The van der Waals surface area contributed by atoms with Crippen molar-refractivity contribution in [1.29, 1.82) is 0 Å². The van der Waals surface area contributed by atoms with Crippen LogP contribution in [0.5, 0.6) is 0 Å². The number of carbonyl (C=O) groups is 2. The van der Waals surface area contributed by atoms with Crippen molar-refractivity contribution in [1.82, 2.24) is 9.88 Å². The molecule has 1 aliphatic rings. The summed E-state index contributed by atoms with van der Waals surface area (Å²) < 4.78 is 1.66. The monoisotopic (exact) mass is 370 g/mol. The van der Waals surface area contributed by atoms with Crippen molar-refractivity contribution in [2.45, 2.75) is 58.0 Å². The lowest BCUT2D eigenvalue weighted by molar-refractivity contribution is -0.142. The molecule has 1 saturated carbocycles. The van der Waals surface area contributed by atoms with Crippen LogP contribution >= 0.6 is 0 Å². The summed E-state index contributed by atoms with van der Waals surface area (Å²) in [6, 6.07) is 7.93. The van der Waals surface area contributed by atoms with Crippen LogP contribution in [0.2, 0.25) is 0 Å². The van der Waals surface area contributed by atoms with Gasteiger partial charge in [-0.2, -0.15) is 0 Å². The van der Waals surface area contributed by atoms with Gasteiger partial charge in [0.1, 0.15) is 6.04 Å². The first kappa shape index (κ1) is 19.1. The quantitative estimate of drug-likeness (QED) is 0.818. The van der Waals surface area contributed by atoms with Gasteiger partial charge >= 0.3 is 5.97 Å². The Balaban J connectivity index is 1.88. The largest absolute Gasteiger partial charge is 0.480 e. The summed E-state index contributed by atoms with van der Waals surface area (Å²) in [5.41, 5.74) is 1.27. The zero-order chi connectivity index (χ0) is 19.4. The van der Waals surface area contributed by atoms with E-state index in [0.29, 0.717) is 12.1 Å². The third kappa shape index (κ3) is 4.21. The lowest BCUT2D eigenvalue weighted by Crippen LogP contribution is -2.45. The molecule has 27 heavy (non-hydrogen) atoms. The lowest BCUT2D eigenvalue weighted by atomic mass is 9.88. The highest BCUT2D eigenvalue weighted by Crippen LogP contribution is 2.24. The van der Waals surface area contributed by atoms with Crippen LogP contribution in [0.15, 0.2) is 35.1 Å². The fourth-order valence-electron chi connectivity index (χ4n) is 3.97. The van der Waals surface area contributed by atoms with Gasteiger partial charge in [-0.05, 0) is 31.4 Å². The van der Waals surface area contributed by atoms with E-state index in [0.717, 1.165) is 43.0 Å². The Morgan fingerprint density at radius 3 is 2.59 bits per heavy atom. The van der Waals surface area contributed by atoms with E-state index < -0.39 is 12.0 Å². The van der Waals surface area contributed by atoms with E-state index in [2.05, 4.69) is 5.32 Å². The van der Waals surface area contributed by atoms with Crippen molar-refractivity contribution < 1.29 is 14.7 Å². The van der Waals surface area contributed by atoms with Gasteiger partial charge in [0.05, 0.1) is 5.52 Å². The number of benzene rings is 1. The molecule has 6 nitrogen and oxygen atoms in total. The maximum Gasteiger partial charge on any atom is 0.326 e. The van der Waals surface area contributed by atoms with E-state index in [1.165, 1.54) is 6.07 Å². The average Bonchev–Trinajstić information content (AvgIpc) is 2.68. The van der Waals surface area contributed by atoms with Crippen LogP contribution in [0.25, 0.3) is 10.9 Å². The molecule has 1 aromatic carbocycles. The second kappa shape index (κ2) is 8.37. The summed E-state index contributed by atoms with van der Waals surface area (Å²) in [5, 5.41) is 13.2. The Morgan fingerprint density at radius 2 is 1.93 bits per heavy atom. The van der Waals surface area contributed by atoms with E-state index in [1.807, 2.05) is 31.2 Å². The maximum absolute atomic E-state index is 12.5. The van der Waals surface area contributed by atoms with Crippen molar-refractivity contribution in [3.05, 3.63) is 46.2 Å². The van der Waals surface area contributed by atoms with Crippen molar-refractivity contribution in [2.75, 3.05) is 0 Å². The second-order valence-corrected chi connectivity index (χ2v) is 7.21. The van der Waals surface area contributed by atoms with E-state index in [-0.39, 0.29) is 23.8 Å².